The fraction of sp³-hybridized carbons (Fsp3) is 0.478. The number of hydrogen-bond donors (Lipinski definition) is 0. The van der Waals surface area contributed by atoms with E-state index in [1.807, 2.05) is 0 Å². The Kier molecular flexibility index (Phi) is 8.31. The summed E-state index contributed by atoms with van der Waals surface area (Å²) in [5, 5.41) is 0. The maximum absolute atomic E-state index is 15.2. The van der Waals surface area contributed by atoms with Gasteiger partial charge in [0.15, 0.2) is 9.84 Å². The summed E-state index contributed by atoms with van der Waals surface area (Å²) < 4.78 is 112. The predicted octanol–water partition coefficient (Wildman–Crippen LogP) is 3.45. The van der Waals surface area contributed by atoms with Gasteiger partial charge in [0.05, 0.1) is 30.1 Å². The van der Waals surface area contributed by atoms with Crippen LogP contribution in [-0.4, -0.2) is 50.5 Å². The van der Waals surface area contributed by atoms with E-state index in [2.05, 4.69) is 0 Å². The van der Waals surface area contributed by atoms with Crippen molar-refractivity contribution in [3.63, 3.8) is 0 Å². The van der Waals surface area contributed by atoms with E-state index >= 15 is 4.39 Å². The molecule has 1 fully saturated rings. The largest absolute Gasteiger partial charge is 0.270 e. The first kappa shape index (κ1) is 28.6. The molecule has 0 bridgehead atoms. The molecule has 3 atom stereocenters. The van der Waals surface area contributed by atoms with E-state index in [1.165, 1.54) is 12.1 Å². The molecule has 13 heteroatoms. The molecule has 0 spiro atoms. The molecule has 1 aliphatic rings. The van der Waals surface area contributed by atoms with Crippen molar-refractivity contribution < 1.29 is 42.4 Å². The normalized spacial score (nSPS) is 23.5. The molecular weight excluding hydrogens is 538 g/mol. The predicted molar refractivity (Wildman–Crippen MR) is 129 cm³/mol. The van der Waals surface area contributed by atoms with Gasteiger partial charge in [-0.15, -0.1) is 0 Å². The monoisotopic (exact) mass is 566 g/mol. The van der Waals surface area contributed by atoms with Crippen molar-refractivity contribution in [1.29, 1.82) is 0 Å². The van der Waals surface area contributed by atoms with Gasteiger partial charge in [-0.1, -0.05) is 17.7 Å². The summed E-state index contributed by atoms with van der Waals surface area (Å²) in [6.45, 7) is 1.39. The van der Waals surface area contributed by atoms with Crippen molar-refractivity contribution in [2.24, 2.45) is 5.92 Å². The Bertz CT molecular complexity index is 1420. The summed E-state index contributed by atoms with van der Waals surface area (Å²) in [6.07, 6.45) is -0.168. The molecule has 0 amide bonds. The Labute approximate surface area is 210 Å². The maximum Gasteiger partial charge on any atom is 0.264 e. The molecule has 2 aromatic rings. The Balaban J connectivity index is 2.16. The van der Waals surface area contributed by atoms with Gasteiger partial charge < -0.3 is 0 Å². The van der Waals surface area contributed by atoms with Gasteiger partial charge in [0.25, 0.3) is 20.2 Å². The number of halogens is 2. The van der Waals surface area contributed by atoms with Crippen LogP contribution in [0, 0.1) is 24.5 Å². The Hall–Kier alpha value is -1.93. The second-order valence-electron chi connectivity index (χ2n) is 9.09. The minimum Gasteiger partial charge on any atom is -0.270 e. The van der Waals surface area contributed by atoms with Crippen molar-refractivity contribution in [3.8, 4) is 0 Å². The molecule has 0 aromatic heterocycles. The van der Waals surface area contributed by atoms with E-state index in [0.29, 0.717) is 0 Å². The summed E-state index contributed by atoms with van der Waals surface area (Å²) >= 11 is 0. The second-order valence-corrected chi connectivity index (χ2v) is 14.6. The summed E-state index contributed by atoms with van der Waals surface area (Å²) in [4.78, 5) is -0.106. The summed E-state index contributed by atoms with van der Waals surface area (Å²) in [6, 6.07) is 8.48. The molecule has 2 aromatic carbocycles. The van der Waals surface area contributed by atoms with E-state index < -0.39 is 58.5 Å². The van der Waals surface area contributed by atoms with Gasteiger partial charge in [-0.2, -0.15) is 16.8 Å². The molecule has 0 unspecified atom stereocenters. The lowest BCUT2D eigenvalue weighted by atomic mass is 9.74. The fourth-order valence-electron chi connectivity index (χ4n) is 4.68. The maximum atomic E-state index is 15.2. The first-order valence-corrected chi connectivity index (χ1v) is 16.2. The van der Waals surface area contributed by atoms with Gasteiger partial charge in [-0.05, 0) is 68.9 Å². The van der Waals surface area contributed by atoms with Gasteiger partial charge >= 0.3 is 0 Å². The van der Waals surface area contributed by atoms with Crippen LogP contribution in [-0.2, 0) is 43.2 Å². The lowest BCUT2D eigenvalue weighted by Crippen LogP contribution is -2.47. The third kappa shape index (κ3) is 6.49. The highest BCUT2D eigenvalue weighted by atomic mass is 32.2. The third-order valence-corrected chi connectivity index (χ3v) is 10.0. The van der Waals surface area contributed by atoms with Crippen LogP contribution >= 0.6 is 0 Å². The number of hydrogen-bond acceptors (Lipinski definition) is 8. The van der Waals surface area contributed by atoms with E-state index in [4.69, 9.17) is 8.37 Å². The van der Waals surface area contributed by atoms with Crippen LogP contribution in [0.15, 0.2) is 47.4 Å². The lowest BCUT2D eigenvalue weighted by Gasteiger charge is -2.44. The Morgan fingerprint density at radius 3 is 2.17 bits per heavy atom. The van der Waals surface area contributed by atoms with Gasteiger partial charge in [0.1, 0.15) is 16.4 Å². The molecule has 0 heterocycles. The summed E-state index contributed by atoms with van der Waals surface area (Å²) in [7, 11) is -12.2. The third-order valence-electron chi connectivity index (χ3n) is 6.30. The summed E-state index contributed by atoms with van der Waals surface area (Å²) in [5.41, 5.74) is 0.413. The highest BCUT2D eigenvalue weighted by Gasteiger charge is 2.53. The van der Waals surface area contributed by atoms with Crippen LogP contribution in [0.1, 0.15) is 36.8 Å². The van der Waals surface area contributed by atoms with Crippen molar-refractivity contribution in [2.75, 3.05) is 19.1 Å². The zero-order valence-electron chi connectivity index (χ0n) is 20.0. The van der Waals surface area contributed by atoms with Crippen molar-refractivity contribution in [1.82, 2.24) is 0 Å². The highest BCUT2D eigenvalue weighted by Crippen LogP contribution is 2.51. The second kappa shape index (κ2) is 10.4. The first-order chi connectivity index (χ1) is 16.5. The van der Waals surface area contributed by atoms with Gasteiger partial charge in [0, 0.05) is 5.56 Å². The van der Waals surface area contributed by atoms with Gasteiger partial charge in [-0.25, -0.2) is 17.2 Å². The standard InChI is InChI=1S/C23H28F2O8S3/c1-16-4-7-19(8-5-16)36(30,31)23(20-14-18(24)6-9-21(20)25)12-10-22(33-35(3,28)29)17(15-23)11-13-32-34(2,26)27/h4-9,14,17,22H,10-13,15H2,1-3H3/t17-,22-,23-/m1/s1. The zero-order chi connectivity index (χ0) is 26.9. The summed E-state index contributed by atoms with van der Waals surface area (Å²) in [5.74, 6) is -2.64. The quantitative estimate of drug-likeness (QED) is 0.423. The molecule has 1 aliphatic carbocycles. The van der Waals surface area contributed by atoms with Gasteiger partial charge in [-0.3, -0.25) is 8.37 Å². The number of benzene rings is 2. The van der Waals surface area contributed by atoms with Crippen molar-refractivity contribution in [2.45, 2.75) is 48.4 Å². The SMILES string of the molecule is Cc1ccc(S(=O)(=O)[C@]2(c3cc(F)ccc3F)CC[C@@H](OS(C)(=O)=O)[C@H](CCOS(C)(=O)=O)C2)cc1. The molecule has 0 saturated heterocycles. The molecular formula is C23H28F2O8S3. The van der Waals surface area contributed by atoms with Crippen LogP contribution < -0.4 is 0 Å². The molecule has 0 radical (unpaired) electrons. The van der Waals surface area contributed by atoms with Gasteiger partial charge in [0.2, 0.25) is 0 Å². The van der Waals surface area contributed by atoms with E-state index in [9.17, 15) is 29.6 Å². The smallest absolute Gasteiger partial charge is 0.264 e. The van der Waals surface area contributed by atoms with E-state index in [1.54, 1.807) is 19.1 Å². The Morgan fingerprint density at radius 2 is 1.58 bits per heavy atom. The Morgan fingerprint density at radius 1 is 0.944 bits per heavy atom. The average Bonchev–Trinajstić information content (AvgIpc) is 2.75. The molecule has 0 N–H and O–H groups in total. The molecule has 0 aliphatic heterocycles. The van der Waals surface area contributed by atoms with E-state index in [-0.39, 0.29) is 42.7 Å². The van der Waals surface area contributed by atoms with Crippen LogP contribution in [0.5, 0.6) is 0 Å². The lowest BCUT2D eigenvalue weighted by molar-refractivity contribution is 0.0671. The molecule has 1 saturated carbocycles. The highest BCUT2D eigenvalue weighted by molar-refractivity contribution is 7.92. The molecule has 200 valence electrons. The molecule has 8 nitrogen and oxygen atoms in total. The minimum absolute atomic E-state index is 0.102. The number of sulfone groups is 1. The topological polar surface area (TPSA) is 121 Å². The zero-order valence-corrected chi connectivity index (χ0v) is 22.4. The molecule has 36 heavy (non-hydrogen) atoms. The fourth-order valence-corrected chi connectivity index (χ4v) is 7.99. The van der Waals surface area contributed by atoms with Crippen molar-refractivity contribution in [3.05, 3.63) is 65.2 Å². The molecule has 3 rings (SSSR count). The van der Waals surface area contributed by atoms with Crippen LogP contribution in [0.4, 0.5) is 8.78 Å². The number of rotatable bonds is 9. The van der Waals surface area contributed by atoms with Crippen LogP contribution in [0.3, 0.4) is 0 Å². The average molecular weight is 567 g/mol. The number of aryl methyl sites for hydroxylation is 1. The van der Waals surface area contributed by atoms with Crippen LogP contribution in [0.2, 0.25) is 0 Å². The first-order valence-electron chi connectivity index (χ1n) is 11.0. The minimum atomic E-state index is -4.36. The van der Waals surface area contributed by atoms with Crippen molar-refractivity contribution >= 4 is 30.1 Å². The van der Waals surface area contributed by atoms with E-state index in [0.717, 1.165) is 36.3 Å². The van der Waals surface area contributed by atoms with Crippen LogP contribution in [0.25, 0.3) is 0 Å².